The van der Waals surface area contributed by atoms with Crippen molar-refractivity contribution in [3.63, 3.8) is 0 Å². The van der Waals surface area contributed by atoms with Gasteiger partial charge in [-0.3, -0.25) is 0 Å². The Labute approximate surface area is 96.6 Å². The van der Waals surface area contributed by atoms with Gasteiger partial charge >= 0.3 is 0 Å². The number of rotatable bonds is 3. The van der Waals surface area contributed by atoms with Gasteiger partial charge in [-0.15, -0.1) is 28.5 Å². The van der Waals surface area contributed by atoms with Gasteiger partial charge in [0.15, 0.2) is 5.82 Å². The van der Waals surface area contributed by atoms with Gasteiger partial charge in [-0.1, -0.05) is 12.1 Å². The first kappa shape index (κ1) is 10.4. The molecule has 0 N–H and O–H groups in total. The van der Waals surface area contributed by atoms with Crippen LogP contribution in [0, 0.1) is 0 Å². The summed E-state index contributed by atoms with van der Waals surface area (Å²) in [6.45, 7) is 0. The van der Waals surface area contributed by atoms with E-state index in [1.54, 1.807) is 16.4 Å². The van der Waals surface area contributed by atoms with E-state index in [0.717, 1.165) is 10.6 Å². The number of thioether (sulfide) groups is 1. The van der Waals surface area contributed by atoms with Gasteiger partial charge in [0.1, 0.15) is 0 Å². The highest BCUT2D eigenvalue weighted by atomic mass is 35.5. The normalized spacial score (nSPS) is 10.5. The van der Waals surface area contributed by atoms with Crippen LogP contribution in [0.3, 0.4) is 0 Å². The third kappa shape index (κ3) is 1.98. The molecule has 0 saturated carbocycles. The number of alkyl halides is 1. The summed E-state index contributed by atoms with van der Waals surface area (Å²) in [5.74, 6) is 0.952. The van der Waals surface area contributed by atoms with Crippen molar-refractivity contribution in [2.24, 2.45) is 0 Å². The fourth-order valence-electron chi connectivity index (χ4n) is 1.28. The van der Waals surface area contributed by atoms with Gasteiger partial charge in [0.25, 0.3) is 0 Å². The van der Waals surface area contributed by atoms with Crippen LogP contribution in [-0.4, -0.2) is 26.5 Å². The lowest BCUT2D eigenvalue weighted by atomic mass is 10.3. The smallest absolute Gasteiger partial charge is 0.171 e. The monoisotopic (exact) mass is 240 g/mol. The Morgan fingerprint density at radius 1 is 1.40 bits per heavy atom. The lowest BCUT2D eigenvalue weighted by molar-refractivity contribution is 0.766. The summed E-state index contributed by atoms with van der Waals surface area (Å²) >= 11 is 7.40. The van der Waals surface area contributed by atoms with E-state index in [-0.39, 0.29) is 0 Å². The lowest BCUT2D eigenvalue weighted by Crippen LogP contribution is -2.02. The second-order valence-corrected chi connectivity index (χ2v) is 3.93. The highest BCUT2D eigenvalue weighted by Crippen LogP contribution is 2.23. The minimum Gasteiger partial charge on any atom is -0.195 e. The number of hydrogen-bond donors (Lipinski definition) is 0. The molecule has 0 amide bonds. The fraction of sp³-hybridized carbons (Fsp3) is 0.222. The predicted molar refractivity (Wildman–Crippen MR) is 60.5 cm³/mol. The molecule has 4 nitrogen and oxygen atoms in total. The molecular formula is C9H9ClN4S. The first-order valence-electron chi connectivity index (χ1n) is 4.33. The summed E-state index contributed by atoms with van der Waals surface area (Å²) in [6.07, 6.45) is 2.02. The van der Waals surface area contributed by atoms with E-state index >= 15 is 0 Å². The number of halogens is 1. The van der Waals surface area contributed by atoms with Crippen LogP contribution in [-0.2, 0) is 5.88 Å². The number of nitrogens with zero attached hydrogens (tertiary/aromatic N) is 4. The molecule has 6 heteroatoms. The zero-order valence-electron chi connectivity index (χ0n) is 8.09. The maximum Gasteiger partial charge on any atom is 0.171 e. The number of para-hydroxylation sites is 1. The fourth-order valence-corrected chi connectivity index (χ4v) is 2.03. The number of hydrogen-bond acceptors (Lipinski definition) is 4. The Morgan fingerprint density at radius 2 is 2.20 bits per heavy atom. The maximum absolute atomic E-state index is 5.75. The number of tetrazole rings is 1. The van der Waals surface area contributed by atoms with Crippen LogP contribution in [0.2, 0.25) is 0 Å². The molecule has 0 bridgehead atoms. The second kappa shape index (κ2) is 4.63. The first-order valence-corrected chi connectivity index (χ1v) is 6.09. The Kier molecular flexibility index (Phi) is 3.23. The predicted octanol–water partition coefficient (Wildman–Crippen LogP) is 2.12. The molecule has 0 unspecified atom stereocenters. The molecule has 0 saturated heterocycles. The van der Waals surface area contributed by atoms with E-state index in [1.165, 1.54) is 0 Å². The van der Waals surface area contributed by atoms with E-state index in [1.807, 2.05) is 30.5 Å². The molecule has 2 rings (SSSR count). The van der Waals surface area contributed by atoms with Crippen molar-refractivity contribution in [3.8, 4) is 5.69 Å². The first-order chi connectivity index (χ1) is 7.36. The van der Waals surface area contributed by atoms with E-state index in [2.05, 4.69) is 15.5 Å². The highest BCUT2D eigenvalue weighted by molar-refractivity contribution is 7.98. The Balaban J connectivity index is 2.53. The molecule has 0 atom stereocenters. The van der Waals surface area contributed by atoms with Crippen LogP contribution < -0.4 is 0 Å². The highest BCUT2D eigenvalue weighted by Gasteiger charge is 2.09. The van der Waals surface area contributed by atoms with Crippen LogP contribution in [0.5, 0.6) is 0 Å². The largest absolute Gasteiger partial charge is 0.195 e. The molecule has 0 aliphatic heterocycles. The van der Waals surface area contributed by atoms with Crippen LogP contribution in [0.15, 0.2) is 29.2 Å². The number of benzene rings is 1. The van der Waals surface area contributed by atoms with E-state index in [9.17, 15) is 0 Å². The zero-order valence-corrected chi connectivity index (χ0v) is 9.66. The summed E-state index contributed by atoms with van der Waals surface area (Å²) in [7, 11) is 0. The van der Waals surface area contributed by atoms with Crippen molar-refractivity contribution in [1.82, 2.24) is 20.2 Å². The minimum atomic E-state index is 0.301. The summed E-state index contributed by atoms with van der Waals surface area (Å²) in [4.78, 5) is 1.12. The molecule has 0 spiro atoms. The Morgan fingerprint density at radius 3 is 2.93 bits per heavy atom. The topological polar surface area (TPSA) is 43.6 Å². The van der Waals surface area contributed by atoms with Crippen molar-refractivity contribution < 1.29 is 0 Å². The van der Waals surface area contributed by atoms with Crippen molar-refractivity contribution in [2.45, 2.75) is 10.8 Å². The van der Waals surface area contributed by atoms with Crippen molar-refractivity contribution in [1.29, 1.82) is 0 Å². The summed E-state index contributed by atoms with van der Waals surface area (Å²) < 4.78 is 1.67. The third-order valence-corrected chi connectivity index (χ3v) is 2.99. The van der Waals surface area contributed by atoms with Gasteiger partial charge in [-0.05, 0) is 28.8 Å². The van der Waals surface area contributed by atoms with Gasteiger partial charge in [0, 0.05) is 4.90 Å². The van der Waals surface area contributed by atoms with Crippen molar-refractivity contribution in [2.75, 3.05) is 6.26 Å². The van der Waals surface area contributed by atoms with E-state index in [4.69, 9.17) is 11.6 Å². The van der Waals surface area contributed by atoms with Gasteiger partial charge in [0.05, 0.1) is 11.6 Å². The molecule has 1 aromatic heterocycles. The molecule has 1 heterocycles. The standard InChI is InChI=1S/C9H9ClN4S/c1-15-8-5-3-2-4-7(8)14-9(6-10)11-12-13-14/h2-5H,6H2,1H3. The Bertz CT molecular complexity index is 457. The zero-order chi connectivity index (χ0) is 10.7. The second-order valence-electron chi connectivity index (χ2n) is 2.81. The molecule has 1 aromatic carbocycles. The van der Waals surface area contributed by atoms with Gasteiger partial charge in [-0.2, -0.15) is 4.68 Å². The lowest BCUT2D eigenvalue weighted by Gasteiger charge is -2.06. The summed E-state index contributed by atoms with van der Waals surface area (Å²) in [5.41, 5.74) is 0.964. The molecule has 0 aliphatic carbocycles. The third-order valence-electron chi connectivity index (χ3n) is 1.97. The van der Waals surface area contributed by atoms with Crippen LogP contribution >= 0.6 is 23.4 Å². The van der Waals surface area contributed by atoms with Gasteiger partial charge in [-0.25, -0.2) is 0 Å². The Hall–Kier alpha value is -1.07. The SMILES string of the molecule is CSc1ccccc1-n1nnnc1CCl. The van der Waals surface area contributed by atoms with Crippen LogP contribution in [0.1, 0.15) is 5.82 Å². The van der Waals surface area contributed by atoms with Crippen LogP contribution in [0.4, 0.5) is 0 Å². The van der Waals surface area contributed by atoms with E-state index in [0.29, 0.717) is 11.7 Å². The quantitative estimate of drug-likeness (QED) is 0.609. The number of aromatic nitrogens is 4. The van der Waals surface area contributed by atoms with Crippen molar-refractivity contribution >= 4 is 23.4 Å². The van der Waals surface area contributed by atoms with Crippen LogP contribution in [0.25, 0.3) is 5.69 Å². The average molecular weight is 241 g/mol. The molecule has 15 heavy (non-hydrogen) atoms. The maximum atomic E-state index is 5.75. The van der Waals surface area contributed by atoms with E-state index < -0.39 is 0 Å². The summed E-state index contributed by atoms with van der Waals surface area (Å²) in [5, 5.41) is 11.4. The molecule has 2 aromatic rings. The van der Waals surface area contributed by atoms with Crippen molar-refractivity contribution in [3.05, 3.63) is 30.1 Å². The molecule has 0 aliphatic rings. The summed E-state index contributed by atoms with van der Waals surface area (Å²) in [6, 6.07) is 7.94. The van der Waals surface area contributed by atoms with Gasteiger partial charge < -0.3 is 0 Å². The molecule has 78 valence electrons. The van der Waals surface area contributed by atoms with Gasteiger partial charge in [0.2, 0.25) is 0 Å². The molecular weight excluding hydrogens is 232 g/mol. The molecule has 0 radical (unpaired) electrons. The molecule has 0 fully saturated rings. The minimum absolute atomic E-state index is 0.301. The average Bonchev–Trinajstić information content (AvgIpc) is 2.76.